The summed E-state index contributed by atoms with van der Waals surface area (Å²) in [6.07, 6.45) is 3.20. The number of nitrogens with one attached hydrogen (secondary N) is 1. The largest absolute Gasteiger partial charge is 0.377 e. The van der Waals surface area contributed by atoms with Gasteiger partial charge < -0.3 is 4.52 Å². The minimum Gasteiger partial charge on any atom is -0.357 e. The topological polar surface area (TPSA) is 71.8 Å². The second-order valence-electron chi connectivity index (χ2n) is 2.16. The van der Waals surface area contributed by atoms with E-state index in [0.717, 1.165) is 5.56 Å². The van der Waals surface area contributed by atoms with Crippen molar-refractivity contribution in [2.45, 2.75) is 0 Å². The van der Waals surface area contributed by atoms with Crippen LogP contribution in [0.2, 0.25) is 0 Å². The number of aromatic nitrogens is 3. The highest BCUT2D eigenvalue weighted by Crippen LogP contribution is 2.11. The Bertz CT molecular complexity index is 417. The van der Waals surface area contributed by atoms with Gasteiger partial charge in [-0.05, 0) is 12.1 Å². The summed E-state index contributed by atoms with van der Waals surface area (Å²) in [7, 11) is 0. The summed E-state index contributed by atoms with van der Waals surface area (Å²) in [6.45, 7) is 0. The number of aromatic amines is 1. The Morgan fingerprint density at radius 3 is 2.67 bits per heavy atom. The molecule has 0 atom stereocenters. The van der Waals surface area contributed by atoms with E-state index < -0.39 is 5.69 Å². The Labute approximate surface area is 67.1 Å². The molecule has 0 bridgehead atoms. The average Bonchev–Trinajstić information content (AvgIpc) is 2.54. The first-order valence-electron chi connectivity index (χ1n) is 3.32. The lowest BCUT2D eigenvalue weighted by molar-refractivity contribution is 0.424. The molecule has 1 N–H and O–H groups in total. The number of hydrogen-bond donors (Lipinski definition) is 1. The molecule has 0 amide bonds. The van der Waals surface area contributed by atoms with E-state index in [-0.39, 0.29) is 5.89 Å². The zero-order chi connectivity index (χ0) is 8.39. The van der Waals surface area contributed by atoms with Gasteiger partial charge in [-0.3, -0.25) is 4.98 Å². The Morgan fingerprint density at radius 2 is 2.08 bits per heavy atom. The summed E-state index contributed by atoms with van der Waals surface area (Å²) in [5.41, 5.74) is 0.241. The van der Waals surface area contributed by atoms with Gasteiger partial charge in [-0.25, -0.2) is 4.79 Å². The molecule has 2 heterocycles. The summed E-state index contributed by atoms with van der Waals surface area (Å²) in [5, 5.41) is 2.11. The van der Waals surface area contributed by atoms with Crippen molar-refractivity contribution in [2.75, 3.05) is 0 Å². The number of hydrogen-bond acceptors (Lipinski definition) is 4. The number of rotatable bonds is 1. The van der Waals surface area contributed by atoms with Crippen molar-refractivity contribution in [2.24, 2.45) is 0 Å². The van der Waals surface area contributed by atoms with E-state index in [9.17, 15) is 4.79 Å². The molecule has 2 aromatic rings. The standard InChI is InChI=1S/C7H5N3O2/c11-7-9-6(12-10-7)5-1-3-8-4-2-5/h1-4H,(H,10,11). The first kappa shape index (κ1) is 6.78. The minimum absolute atomic E-state index is 0.280. The van der Waals surface area contributed by atoms with E-state index in [4.69, 9.17) is 4.52 Å². The van der Waals surface area contributed by atoms with Crippen LogP contribution in [-0.2, 0) is 0 Å². The lowest BCUT2D eigenvalue weighted by Gasteiger charge is -1.89. The van der Waals surface area contributed by atoms with Crippen LogP contribution in [0.1, 0.15) is 0 Å². The third-order valence-electron chi connectivity index (χ3n) is 1.37. The Kier molecular flexibility index (Phi) is 1.48. The van der Waals surface area contributed by atoms with Crippen LogP contribution in [0.5, 0.6) is 0 Å². The monoisotopic (exact) mass is 163 g/mol. The molecular weight excluding hydrogens is 158 g/mol. The second kappa shape index (κ2) is 2.61. The zero-order valence-corrected chi connectivity index (χ0v) is 6.02. The van der Waals surface area contributed by atoms with Gasteiger partial charge in [0.15, 0.2) is 0 Å². The van der Waals surface area contributed by atoms with Crippen LogP contribution >= 0.6 is 0 Å². The fraction of sp³-hybridized carbons (Fsp3) is 0. The molecule has 2 aromatic heterocycles. The maximum atomic E-state index is 10.6. The number of pyridine rings is 1. The number of H-pyrrole nitrogens is 1. The SMILES string of the molecule is O=c1nc(-c2ccncc2)o[nH]1. The van der Waals surface area contributed by atoms with Crippen LogP contribution in [0, 0.1) is 0 Å². The molecule has 60 valence electrons. The maximum absolute atomic E-state index is 10.6. The van der Waals surface area contributed by atoms with E-state index in [1.54, 1.807) is 24.5 Å². The Balaban J connectivity index is 2.51. The van der Waals surface area contributed by atoms with Crippen molar-refractivity contribution in [3.63, 3.8) is 0 Å². The fourth-order valence-electron chi connectivity index (χ4n) is 0.848. The third-order valence-corrected chi connectivity index (χ3v) is 1.37. The van der Waals surface area contributed by atoms with Gasteiger partial charge in [-0.1, -0.05) is 0 Å². The summed E-state index contributed by atoms with van der Waals surface area (Å²) in [5.74, 6) is 0.280. The molecule has 0 aliphatic rings. The van der Waals surface area contributed by atoms with Gasteiger partial charge in [-0.2, -0.15) is 10.1 Å². The number of nitrogens with zero attached hydrogens (tertiary/aromatic N) is 2. The quantitative estimate of drug-likeness (QED) is 0.661. The van der Waals surface area contributed by atoms with Crippen LogP contribution < -0.4 is 5.69 Å². The molecule has 0 aliphatic heterocycles. The van der Waals surface area contributed by atoms with Crippen molar-refractivity contribution in [1.29, 1.82) is 0 Å². The molecule has 0 unspecified atom stereocenters. The third kappa shape index (κ3) is 1.12. The fourth-order valence-corrected chi connectivity index (χ4v) is 0.848. The highest BCUT2D eigenvalue weighted by Gasteiger charge is 2.02. The molecular formula is C7H5N3O2. The smallest absolute Gasteiger partial charge is 0.357 e. The average molecular weight is 163 g/mol. The second-order valence-corrected chi connectivity index (χ2v) is 2.16. The van der Waals surface area contributed by atoms with Crippen molar-refractivity contribution in [1.82, 2.24) is 15.1 Å². The minimum atomic E-state index is -0.484. The van der Waals surface area contributed by atoms with Crippen molar-refractivity contribution in [3.8, 4) is 11.5 Å². The normalized spacial score (nSPS) is 10.0. The van der Waals surface area contributed by atoms with Crippen LogP contribution in [0.25, 0.3) is 11.5 Å². The molecule has 0 aliphatic carbocycles. The molecule has 0 spiro atoms. The summed E-state index contributed by atoms with van der Waals surface area (Å²) >= 11 is 0. The van der Waals surface area contributed by atoms with Gasteiger partial charge in [-0.15, -0.1) is 0 Å². The molecule has 5 heteroatoms. The van der Waals surface area contributed by atoms with Crippen molar-refractivity contribution in [3.05, 3.63) is 35.0 Å². The van der Waals surface area contributed by atoms with Crippen molar-refractivity contribution >= 4 is 0 Å². The maximum Gasteiger partial charge on any atom is 0.377 e. The molecule has 0 saturated carbocycles. The van der Waals surface area contributed by atoms with E-state index in [1.807, 2.05) is 0 Å². The van der Waals surface area contributed by atoms with Gasteiger partial charge in [0.1, 0.15) is 0 Å². The van der Waals surface area contributed by atoms with Gasteiger partial charge in [0.25, 0.3) is 5.89 Å². The summed E-state index contributed by atoms with van der Waals surface area (Å²) in [4.78, 5) is 18.0. The summed E-state index contributed by atoms with van der Waals surface area (Å²) < 4.78 is 4.77. The predicted octanol–water partition coefficient (Wildman–Crippen LogP) is 0.425. The molecule has 0 fully saturated rings. The Morgan fingerprint density at radius 1 is 1.33 bits per heavy atom. The van der Waals surface area contributed by atoms with Crippen LogP contribution in [0.15, 0.2) is 33.8 Å². The predicted molar refractivity (Wildman–Crippen MR) is 40.4 cm³/mol. The Hall–Kier alpha value is -1.91. The van der Waals surface area contributed by atoms with Crippen LogP contribution in [-0.4, -0.2) is 15.1 Å². The van der Waals surface area contributed by atoms with Crippen molar-refractivity contribution < 1.29 is 4.52 Å². The van der Waals surface area contributed by atoms with E-state index >= 15 is 0 Å². The van der Waals surface area contributed by atoms with E-state index in [1.165, 1.54) is 0 Å². The molecule has 0 saturated heterocycles. The van der Waals surface area contributed by atoms with Gasteiger partial charge in [0.05, 0.1) is 0 Å². The highest BCUT2D eigenvalue weighted by atomic mass is 16.5. The summed E-state index contributed by atoms with van der Waals surface area (Å²) in [6, 6.07) is 3.41. The lowest BCUT2D eigenvalue weighted by Crippen LogP contribution is -1.99. The van der Waals surface area contributed by atoms with Crippen LogP contribution in [0.4, 0.5) is 0 Å². The van der Waals surface area contributed by atoms with Crippen LogP contribution in [0.3, 0.4) is 0 Å². The van der Waals surface area contributed by atoms with Gasteiger partial charge in [0.2, 0.25) is 0 Å². The first-order valence-corrected chi connectivity index (χ1v) is 3.32. The van der Waals surface area contributed by atoms with Gasteiger partial charge in [0, 0.05) is 18.0 Å². The molecule has 5 nitrogen and oxygen atoms in total. The lowest BCUT2D eigenvalue weighted by atomic mass is 10.3. The molecule has 2 rings (SSSR count). The van der Waals surface area contributed by atoms with E-state index in [0.29, 0.717) is 0 Å². The zero-order valence-electron chi connectivity index (χ0n) is 6.02. The highest BCUT2D eigenvalue weighted by molar-refractivity contribution is 5.50. The molecule has 0 aromatic carbocycles. The molecule has 0 radical (unpaired) electrons. The molecule has 12 heavy (non-hydrogen) atoms. The van der Waals surface area contributed by atoms with E-state index in [2.05, 4.69) is 15.1 Å². The van der Waals surface area contributed by atoms with Gasteiger partial charge >= 0.3 is 5.69 Å². The first-order chi connectivity index (χ1) is 5.86.